The fourth-order valence-corrected chi connectivity index (χ4v) is 2.39. The van der Waals surface area contributed by atoms with Crippen molar-refractivity contribution < 1.29 is 9.90 Å². The fourth-order valence-electron chi connectivity index (χ4n) is 1.31. The predicted molar refractivity (Wildman–Crippen MR) is 57.8 cm³/mol. The molecule has 2 nitrogen and oxygen atoms in total. The van der Waals surface area contributed by atoms with Gasteiger partial charge < -0.3 is 5.11 Å². The highest BCUT2D eigenvalue weighted by Gasteiger charge is 2.14. The minimum atomic E-state index is -0.914. The van der Waals surface area contributed by atoms with Crippen LogP contribution < -0.4 is 0 Å². The van der Waals surface area contributed by atoms with Crippen LogP contribution in [0, 0.1) is 0 Å². The molecule has 2 rings (SSSR count). The van der Waals surface area contributed by atoms with Crippen molar-refractivity contribution in [2.45, 2.75) is 13.0 Å². The number of hydrogen-bond acceptors (Lipinski definition) is 3. The molecule has 0 bridgehead atoms. The predicted octanol–water partition coefficient (Wildman–Crippen LogP) is 2.46. The first-order valence-electron chi connectivity index (χ1n) is 4.39. The van der Waals surface area contributed by atoms with Crippen molar-refractivity contribution in [3.8, 4) is 0 Å². The molecule has 3 heteroatoms. The summed E-state index contributed by atoms with van der Waals surface area (Å²) in [6.07, 6.45) is -0.914. The molecule has 2 aromatic rings. The van der Waals surface area contributed by atoms with Gasteiger partial charge in [0.1, 0.15) is 6.10 Å². The molecule has 0 amide bonds. The normalized spacial score (nSPS) is 13.0. The van der Waals surface area contributed by atoms with Crippen LogP contribution in [0.5, 0.6) is 0 Å². The van der Waals surface area contributed by atoms with Gasteiger partial charge in [-0.25, -0.2) is 0 Å². The molecule has 1 N–H and O–H groups in total. The van der Waals surface area contributed by atoms with Crippen LogP contribution in [0.15, 0.2) is 30.3 Å². The van der Waals surface area contributed by atoms with E-state index in [2.05, 4.69) is 0 Å². The molecule has 0 spiro atoms. The van der Waals surface area contributed by atoms with E-state index in [4.69, 9.17) is 5.11 Å². The van der Waals surface area contributed by atoms with Gasteiger partial charge in [0.05, 0.1) is 4.88 Å². The van der Waals surface area contributed by atoms with Crippen LogP contribution >= 0.6 is 11.3 Å². The van der Waals surface area contributed by atoms with Gasteiger partial charge in [0.25, 0.3) is 0 Å². The number of carbonyl (C=O) groups is 1. The standard InChI is InChI=1S/C11H10O2S/c1-7(12)11(13)10-6-8-4-2-3-5-9(8)14-10/h2-7,12H,1H3. The third-order valence-corrected chi connectivity index (χ3v) is 3.18. The maximum Gasteiger partial charge on any atom is 0.200 e. The molecular formula is C11H10O2S. The topological polar surface area (TPSA) is 37.3 Å². The van der Waals surface area contributed by atoms with Gasteiger partial charge in [-0.15, -0.1) is 11.3 Å². The molecule has 1 atom stereocenters. The average Bonchev–Trinajstić information content (AvgIpc) is 2.59. The molecular weight excluding hydrogens is 196 g/mol. The summed E-state index contributed by atoms with van der Waals surface area (Å²) < 4.78 is 1.08. The van der Waals surface area contributed by atoms with Gasteiger partial charge in [-0.1, -0.05) is 18.2 Å². The Morgan fingerprint density at radius 1 is 1.43 bits per heavy atom. The van der Waals surface area contributed by atoms with E-state index in [9.17, 15) is 4.79 Å². The summed E-state index contributed by atoms with van der Waals surface area (Å²) in [7, 11) is 0. The number of thiophene rings is 1. The van der Waals surface area contributed by atoms with E-state index >= 15 is 0 Å². The summed E-state index contributed by atoms with van der Waals surface area (Å²) in [6, 6.07) is 9.64. The zero-order valence-corrected chi connectivity index (χ0v) is 8.54. The molecule has 0 saturated heterocycles. The number of hydrogen-bond donors (Lipinski definition) is 1. The number of aliphatic hydroxyl groups is 1. The quantitative estimate of drug-likeness (QED) is 0.766. The Morgan fingerprint density at radius 3 is 2.79 bits per heavy atom. The van der Waals surface area contributed by atoms with Crippen molar-refractivity contribution in [1.82, 2.24) is 0 Å². The first kappa shape index (κ1) is 9.37. The summed E-state index contributed by atoms with van der Waals surface area (Å²) in [5.74, 6) is -0.203. The Hall–Kier alpha value is -1.19. The molecule has 0 aliphatic heterocycles. The number of ketones is 1. The van der Waals surface area contributed by atoms with E-state index in [-0.39, 0.29) is 5.78 Å². The van der Waals surface area contributed by atoms with Crippen molar-refractivity contribution in [3.05, 3.63) is 35.2 Å². The lowest BCUT2D eigenvalue weighted by Gasteiger charge is -1.97. The van der Waals surface area contributed by atoms with Crippen LogP contribution in [0.4, 0.5) is 0 Å². The summed E-state index contributed by atoms with van der Waals surface area (Å²) in [4.78, 5) is 12.1. The van der Waals surface area contributed by atoms with E-state index in [1.807, 2.05) is 30.3 Å². The Labute approximate surface area is 85.8 Å². The Balaban J connectivity index is 2.50. The summed E-state index contributed by atoms with van der Waals surface area (Å²) in [5, 5.41) is 10.2. The molecule has 72 valence electrons. The molecule has 0 radical (unpaired) electrons. The van der Waals surface area contributed by atoms with E-state index in [0.29, 0.717) is 4.88 Å². The molecule has 0 fully saturated rings. The second kappa shape index (κ2) is 3.52. The first-order chi connectivity index (χ1) is 6.68. The molecule has 0 aliphatic rings. The van der Waals surface area contributed by atoms with Crippen LogP contribution in [-0.4, -0.2) is 17.0 Å². The summed E-state index contributed by atoms with van der Waals surface area (Å²) in [5.41, 5.74) is 0. The van der Waals surface area contributed by atoms with E-state index < -0.39 is 6.10 Å². The van der Waals surface area contributed by atoms with Gasteiger partial charge in [0, 0.05) is 4.70 Å². The van der Waals surface area contributed by atoms with Crippen LogP contribution in [0.3, 0.4) is 0 Å². The van der Waals surface area contributed by atoms with Crippen molar-refractivity contribution in [2.75, 3.05) is 0 Å². The maximum atomic E-state index is 11.5. The molecule has 1 aromatic carbocycles. The SMILES string of the molecule is CC(O)C(=O)c1cc2ccccc2s1. The lowest BCUT2D eigenvalue weighted by molar-refractivity contribution is 0.0784. The first-order valence-corrected chi connectivity index (χ1v) is 5.21. The summed E-state index contributed by atoms with van der Waals surface area (Å²) in [6.45, 7) is 1.49. The lowest BCUT2D eigenvalue weighted by Crippen LogP contribution is -2.14. The highest BCUT2D eigenvalue weighted by molar-refractivity contribution is 7.20. The zero-order chi connectivity index (χ0) is 10.1. The van der Waals surface area contributed by atoms with Crippen molar-refractivity contribution in [1.29, 1.82) is 0 Å². The van der Waals surface area contributed by atoms with Crippen LogP contribution in [0.2, 0.25) is 0 Å². The number of aliphatic hydroxyl groups excluding tert-OH is 1. The van der Waals surface area contributed by atoms with Gasteiger partial charge in [0.15, 0.2) is 0 Å². The molecule has 0 aliphatic carbocycles. The van der Waals surface area contributed by atoms with Crippen molar-refractivity contribution in [3.63, 3.8) is 0 Å². The van der Waals surface area contributed by atoms with E-state index in [0.717, 1.165) is 10.1 Å². The molecule has 1 unspecified atom stereocenters. The number of fused-ring (bicyclic) bond motifs is 1. The van der Waals surface area contributed by atoms with Crippen LogP contribution in [-0.2, 0) is 0 Å². The highest BCUT2D eigenvalue weighted by atomic mass is 32.1. The van der Waals surface area contributed by atoms with E-state index in [1.54, 1.807) is 0 Å². The third-order valence-electron chi connectivity index (χ3n) is 2.05. The second-order valence-electron chi connectivity index (χ2n) is 3.19. The number of rotatable bonds is 2. The van der Waals surface area contributed by atoms with E-state index in [1.165, 1.54) is 18.3 Å². The monoisotopic (exact) mass is 206 g/mol. The smallest absolute Gasteiger partial charge is 0.200 e. The Morgan fingerprint density at radius 2 is 2.14 bits per heavy atom. The van der Waals surface area contributed by atoms with Crippen LogP contribution in [0.1, 0.15) is 16.6 Å². The average molecular weight is 206 g/mol. The largest absolute Gasteiger partial charge is 0.385 e. The van der Waals surface area contributed by atoms with Gasteiger partial charge >= 0.3 is 0 Å². The lowest BCUT2D eigenvalue weighted by atomic mass is 10.2. The minimum Gasteiger partial charge on any atom is -0.385 e. The summed E-state index contributed by atoms with van der Waals surface area (Å²) >= 11 is 1.42. The van der Waals surface area contributed by atoms with Crippen molar-refractivity contribution >= 4 is 27.2 Å². The number of carbonyl (C=O) groups excluding carboxylic acids is 1. The van der Waals surface area contributed by atoms with Gasteiger partial charge in [-0.2, -0.15) is 0 Å². The minimum absolute atomic E-state index is 0.203. The second-order valence-corrected chi connectivity index (χ2v) is 4.27. The van der Waals surface area contributed by atoms with Gasteiger partial charge in [0.2, 0.25) is 5.78 Å². The van der Waals surface area contributed by atoms with Gasteiger partial charge in [-0.05, 0) is 24.4 Å². The van der Waals surface area contributed by atoms with Crippen LogP contribution in [0.25, 0.3) is 10.1 Å². The zero-order valence-electron chi connectivity index (χ0n) is 7.73. The maximum absolute atomic E-state index is 11.5. The Bertz CT molecular complexity index is 438. The third kappa shape index (κ3) is 1.56. The molecule has 1 heterocycles. The highest BCUT2D eigenvalue weighted by Crippen LogP contribution is 2.25. The molecule has 0 saturated carbocycles. The molecule has 14 heavy (non-hydrogen) atoms. The Kier molecular flexibility index (Phi) is 2.35. The fraction of sp³-hybridized carbons (Fsp3) is 0.182. The van der Waals surface area contributed by atoms with Crippen molar-refractivity contribution in [2.24, 2.45) is 0 Å². The number of benzene rings is 1. The molecule has 1 aromatic heterocycles. The number of Topliss-reactive ketones (excluding diaryl/α,β-unsaturated/α-hetero) is 1. The van der Waals surface area contributed by atoms with Gasteiger partial charge in [-0.3, -0.25) is 4.79 Å².